The van der Waals surface area contributed by atoms with E-state index in [2.05, 4.69) is 20.7 Å². The lowest BCUT2D eigenvalue weighted by molar-refractivity contribution is -0.113. The highest BCUT2D eigenvalue weighted by Crippen LogP contribution is 2.40. The minimum absolute atomic E-state index is 0.210. The van der Waals surface area contributed by atoms with Crippen LogP contribution in [0.15, 0.2) is 72.2 Å². The molecule has 1 aromatic heterocycles. The maximum Gasteiger partial charge on any atom is 0.255 e. The largest absolute Gasteiger partial charge is 0.497 e. The van der Waals surface area contributed by atoms with Gasteiger partial charge in [0, 0.05) is 27.4 Å². The molecule has 3 aromatic carbocycles. The van der Waals surface area contributed by atoms with E-state index < -0.39 is 6.04 Å². The summed E-state index contributed by atoms with van der Waals surface area (Å²) in [5.41, 5.74) is 3.01. The Bertz CT molecular complexity index is 1640. The van der Waals surface area contributed by atoms with Crippen molar-refractivity contribution in [2.24, 2.45) is 0 Å². The summed E-state index contributed by atoms with van der Waals surface area (Å²) in [5, 5.41) is 11.6. The Hall–Kier alpha value is -4.41. The predicted octanol–water partition coefficient (Wildman–Crippen LogP) is 6.12. The van der Waals surface area contributed by atoms with Crippen LogP contribution in [0.3, 0.4) is 0 Å². The monoisotopic (exact) mass is 595 g/mol. The van der Waals surface area contributed by atoms with Crippen LogP contribution in [0.4, 0.5) is 11.6 Å². The topological polar surface area (TPSA) is 109 Å². The third kappa shape index (κ3) is 5.75. The number of nitrogens with one attached hydrogen (secondary N) is 2. The number of hydrogen-bond acceptors (Lipinski definition) is 8. The Kier molecular flexibility index (Phi) is 8.23. The van der Waals surface area contributed by atoms with Gasteiger partial charge in [-0.2, -0.15) is 10.1 Å². The standard InChI is InChI=1S/C29H27Cl2N5O5/c1-16-26(28(37)35-22-13-20(38-2)8-10-23(22)39-3)27(36-29(34-16)32-15-33-36)17-6-9-24(25(11-17)40-4)41-14-18-5-7-19(30)12-21(18)31/h5-13,15,27H,14H2,1-4H3,(H,35,37)(H,32,33,34). The molecule has 2 N–H and O–H groups in total. The first-order valence-corrected chi connectivity index (χ1v) is 13.2. The average molecular weight is 596 g/mol. The molecule has 0 saturated heterocycles. The number of hydrogen-bond donors (Lipinski definition) is 2. The van der Waals surface area contributed by atoms with Gasteiger partial charge in [-0.1, -0.05) is 35.3 Å². The van der Waals surface area contributed by atoms with Crippen LogP contribution in [0.1, 0.15) is 24.1 Å². The number of ether oxygens (including phenoxy) is 4. The molecule has 1 unspecified atom stereocenters. The molecule has 1 amide bonds. The molecule has 0 bridgehead atoms. The van der Waals surface area contributed by atoms with Crippen LogP contribution in [0, 0.1) is 0 Å². The average Bonchev–Trinajstić information content (AvgIpc) is 3.44. The number of halogens is 2. The van der Waals surface area contributed by atoms with Crippen LogP contribution in [0.25, 0.3) is 0 Å². The second kappa shape index (κ2) is 12.0. The maximum atomic E-state index is 13.9. The number of anilines is 2. The van der Waals surface area contributed by atoms with Crippen molar-refractivity contribution in [2.45, 2.75) is 19.6 Å². The van der Waals surface area contributed by atoms with Gasteiger partial charge in [0.15, 0.2) is 11.5 Å². The number of methoxy groups -OCH3 is 3. The number of fused-ring (bicyclic) bond motifs is 1. The Labute approximate surface area is 246 Å². The molecule has 0 saturated carbocycles. The lowest BCUT2D eigenvalue weighted by Gasteiger charge is -2.29. The summed E-state index contributed by atoms with van der Waals surface area (Å²) >= 11 is 12.3. The van der Waals surface area contributed by atoms with Gasteiger partial charge < -0.3 is 29.6 Å². The summed E-state index contributed by atoms with van der Waals surface area (Å²) in [6.45, 7) is 2.02. The van der Waals surface area contributed by atoms with Crippen LogP contribution in [-0.2, 0) is 11.4 Å². The quantitative estimate of drug-likeness (QED) is 0.238. The van der Waals surface area contributed by atoms with Crippen molar-refractivity contribution in [1.29, 1.82) is 0 Å². The predicted molar refractivity (Wildman–Crippen MR) is 156 cm³/mol. The van der Waals surface area contributed by atoms with Crippen LogP contribution < -0.4 is 29.6 Å². The van der Waals surface area contributed by atoms with Crippen LogP contribution >= 0.6 is 23.2 Å². The van der Waals surface area contributed by atoms with Crippen molar-refractivity contribution in [2.75, 3.05) is 32.0 Å². The molecule has 10 nitrogen and oxygen atoms in total. The van der Waals surface area contributed by atoms with E-state index in [9.17, 15) is 4.79 Å². The second-order valence-corrected chi connectivity index (χ2v) is 9.89. The van der Waals surface area contributed by atoms with Crippen LogP contribution in [0.2, 0.25) is 10.0 Å². The Balaban J connectivity index is 1.48. The van der Waals surface area contributed by atoms with Crippen molar-refractivity contribution in [3.8, 4) is 23.0 Å². The zero-order valence-corrected chi connectivity index (χ0v) is 24.2. The highest BCUT2D eigenvalue weighted by atomic mass is 35.5. The normalized spacial score (nSPS) is 14.1. The van der Waals surface area contributed by atoms with Gasteiger partial charge in [0.25, 0.3) is 5.91 Å². The minimum Gasteiger partial charge on any atom is -0.497 e. The minimum atomic E-state index is -0.626. The number of nitrogens with zero attached hydrogens (tertiary/aromatic N) is 3. The fraction of sp³-hybridized carbons (Fsp3) is 0.207. The maximum absolute atomic E-state index is 13.9. The highest BCUT2D eigenvalue weighted by Gasteiger charge is 2.34. The first kappa shape index (κ1) is 28.1. The molecule has 41 heavy (non-hydrogen) atoms. The van der Waals surface area contributed by atoms with Crippen molar-refractivity contribution >= 4 is 40.7 Å². The van der Waals surface area contributed by atoms with Gasteiger partial charge in [0.05, 0.1) is 32.6 Å². The van der Waals surface area contributed by atoms with Crippen LogP contribution in [0.5, 0.6) is 23.0 Å². The zero-order chi connectivity index (χ0) is 29.1. The summed E-state index contributed by atoms with van der Waals surface area (Å²) in [6.07, 6.45) is 1.43. The molecule has 0 radical (unpaired) electrons. The number of aromatic nitrogens is 3. The molecule has 1 aliphatic rings. The van der Waals surface area contributed by atoms with E-state index in [1.165, 1.54) is 13.4 Å². The molecule has 4 aromatic rings. The number of amides is 1. The summed E-state index contributed by atoms with van der Waals surface area (Å²) in [6, 6.07) is 15.2. The molecular formula is C29H27Cl2N5O5. The molecular weight excluding hydrogens is 569 g/mol. The molecule has 0 fully saturated rings. The number of carbonyl (C=O) groups is 1. The highest BCUT2D eigenvalue weighted by molar-refractivity contribution is 6.35. The van der Waals surface area contributed by atoms with E-state index >= 15 is 0 Å². The lowest BCUT2D eigenvalue weighted by Crippen LogP contribution is -2.31. The summed E-state index contributed by atoms with van der Waals surface area (Å²) in [5.74, 6) is 2.18. The second-order valence-electron chi connectivity index (χ2n) is 9.05. The van der Waals surface area contributed by atoms with Crippen molar-refractivity contribution < 1.29 is 23.7 Å². The summed E-state index contributed by atoms with van der Waals surface area (Å²) in [4.78, 5) is 18.2. The number of allylic oxidation sites excluding steroid dienone is 1. The number of rotatable bonds is 9. The third-order valence-electron chi connectivity index (χ3n) is 6.60. The van der Waals surface area contributed by atoms with E-state index in [1.807, 2.05) is 25.1 Å². The molecule has 0 aliphatic carbocycles. The van der Waals surface area contributed by atoms with Gasteiger partial charge >= 0.3 is 0 Å². The molecule has 12 heteroatoms. The zero-order valence-electron chi connectivity index (χ0n) is 22.7. The van der Waals surface area contributed by atoms with Gasteiger partial charge in [0.1, 0.15) is 30.5 Å². The molecule has 212 valence electrons. The smallest absolute Gasteiger partial charge is 0.255 e. The summed E-state index contributed by atoms with van der Waals surface area (Å²) in [7, 11) is 4.64. The molecule has 1 atom stereocenters. The Morgan fingerprint density at radius 2 is 1.76 bits per heavy atom. The summed E-state index contributed by atoms with van der Waals surface area (Å²) < 4.78 is 24.1. The Morgan fingerprint density at radius 1 is 0.976 bits per heavy atom. The van der Waals surface area contributed by atoms with Gasteiger partial charge in [0.2, 0.25) is 5.95 Å². The van der Waals surface area contributed by atoms with Gasteiger partial charge in [-0.15, -0.1) is 0 Å². The van der Waals surface area contributed by atoms with Crippen LogP contribution in [-0.4, -0.2) is 42.0 Å². The van der Waals surface area contributed by atoms with Gasteiger partial charge in [-0.05, 0) is 48.9 Å². The van der Waals surface area contributed by atoms with Crippen molar-refractivity contribution in [1.82, 2.24) is 14.8 Å². The van der Waals surface area contributed by atoms with Gasteiger partial charge in [-0.25, -0.2) is 4.68 Å². The van der Waals surface area contributed by atoms with E-state index in [0.29, 0.717) is 55.9 Å². The van der Waals surface area contributed by atoms with Gasteiger partial charge in [-0.3, -0.25) is 4.79 Å². The fourth-order valence-corrected chi connectivity index (χ4v) is 5.03. The third-order valence-corrected chi connectivity index (χ3v) is 7.18. The molecule has 2 heterocycles. The van der Waals surface area contributed by atoms with E-state index in [1.54, 1.807) is 55.3 Å². The Morgan fingerprint density at radius 3 is 2.49 bits per heavy atom. The van der Waals surface area contributed by atoms with Crippen molar-refractivity contribution in [3.63, 3.8) is 0 Å². The molecule has 5 rings (SSSR count). The SMILES string of the molecule is COc1ccc(OC)c(NC(=O)C2=C(C)Nc3ncnn3C2c2ccc(OCc3ccc(Cl)cc3Cl)c(OC)c2)c1. The fourth-order valence-electron chi connectivity index (χ4n) is 4.56. The van der Waals surface area contributed by atoms with E-state index in [4.69, 9.17) is 42.1 Å². The molecule has 0 spiro atoms. The first-order valence-electron chi connectivity index (χ1n) is 12.5. The number of carbonyl (C=O) groups excluding carboxylic acids is 1. The molecule has 1 aliphatic heterocycles. The van der Waals surface area contributed by atoms with E-state index in [-0.39, 0.29) is 12.5 Å². The van der Waals surface area contributed by atoms with E-state index in [0.717, 1.165) is 11.1 Å². The lowest BCUT2D eigenvalue weighted by atomic mass is 9.94. The van der Waals surface area contributed by atoms with Crippen molar-refractivity contribution in [3.05, 3.63) is 93.4 Å². The first-order chi connectivity index (χ1) is 19.8. The number of benzene rings is 3.